The summed E-state index contributed by atoms with van der Waals surface area (Å²) in [4.78, 5) is 11.3. The van der Waals surface area contributed by atoms with Gasteiger partial charge in [0.25, 0.3) is 0 Å². The van der Waals surface area contributed by atoms with Gasteiger partial charge in [0.1, 0.15) is 10.0 Å². The van der Waals surface area contributed by atoms with Crippen LogP contribution in [-0.4, -0.2) is 16.1 Å². The predicted octanol–water partition coefficient (Wildman–Crippen LogP) is 5.48. The first-order valence-electron chi connectivity index (χ1n) is 5.85. The van der Waals surface area contributed by atoms with Gasteiger partial charge >= 0.3 is 0 Å². The number of para-hydroxylation sites is 1. The predicted molar refractivity (Wildman–Crippen MR) is 90.0 cm³/mol. The Bertz CT molecular complexity index is 828. The summed E-state index contributed by atoms with van der Waals surface area (Å²) in [7, 11) is 0. The first kappa shape index (κ1) is 14.8. The minimum absolute atomic E-state index is 0.460. The number of hydrogen-bond donors (Lipinski definition) is 0. The smallest absolute Gasteiger partial charge is 0.153 e. The SMILES string of the molecule is O=Cc1cn(-c2ccccc2Br)nc1-c1cc(Cl)sc1Cl. The molecule has 106 valence electrons. The van der Waals surface area contributed by atoms with E-state index in [1.165, 1.54) is 11.3 Å². The number of benzene rings is 1. The van der Waals surface area contributed by atoms with Crippen molar-refractivity contribution in [2.45, 2.75) is 0 Å². The summed E-state index contributed by atoms with van der Waals surface area (Å²) in [5.74, 6) is 0. The molecule has 0 spiro atoms. The highest BCUT2D eigenvalue weighted by Gasteiger charge is 2.17. The Balaban J connectivity index is 2.18. The van der Waals surface area contributed by atoms with Gasteiger partial charge in [0.05, 0.1) is 15.6 Å². The second kappa shape index (κ2) is 5.93. The number of halogens is 3. The second-order valence-electron chi connectivity index (χ2n) is 4.18. The Labute approximate surface area is 143 Å². The van der Waals surface area contributed by atoms with Crippen molar-refractivity contribution >= 4 is 56.8 Å². The fourth-order valence-corrected chi connectivity index (χ4v) is 3.88. The monoisotopic (exact) mass is 400 g/mol. The molecule has 0 aliphatic rings. The molecule has 0 amide bonds. The quantitative estimate of drug-likeness (QED) is 0.544. The number of nitrogens with zero attached hydrogens (tertiary/aromatic N) is 2. The van der Waals surface area contributed by atoms with E-state index in [1.54, 1.807) is 16.9 Å². The molecule has 7 heteroatoms. The number of carbonyl (C=O) groups is 1. The van der Waals surface area contributed by atoms with Gasteiger partial charge in [-0.05, 0) is 34.1 Å². The van der Waals surface area contributed by atoms with E-state index in [9.17, 15) is 4.79 Å². The lowest BCUT2D eigenvalue weighted by Gasteiger charge is -2.03. The fourth-order valence-electron chi connectivity index (χ4n) is 1.95. The van der Waals surface area contributed by atoms with E-state index in [1.807, 2.05) is 24.3 Å². The number of rotatable bonds is 3. The van der Waals surface area contributed by atoms with Crippen molar-refractivity contribution in [3.05, 3.63) is 55.2 Å². The van der Waals surface area contributed by atoms with Crippen molar-refractivity contribution in [2.24, 2.45) is 0 Å². The standard InChI is InChI=1S/C14H7BrCl2N2OS/c15-10-3-1-2-4-11(10)19-6-8(7-20)13(18-19)9-5-12(16)21-14(9)17/h1-7H. The van der Waals surface area contributed by atoms with Crippen LogP contribution < -0.4 is 0 Å². The molecule has 0 aliphatic carbocycles. The molecule has 0 saturated heterocycles. The molecule has 3 nitrogen and oxygen atoms in total. The van der Waals surface area contributed by atoms with Crippen molar-refractivity contribution < 1.29 is 4.79 Å². The third-order valence-corrected chi connectivity index (χ3v) is 5.04. The van der Waals surface area contributed by atoms with Crippen molar-refractivity contribution in [1.82, 2.24) is 9.78 Å². The zero-order valence-corrected chi connectivity index (χ0v) is 14.3. The van der Waals surface area contributed by atoms with Crippen LogP contribution in [0.5, 0.6) is 0 Å². The molecule has 2 aromatic heterocycles. The van der Waals surface area contributed by atoms with Crippen LogP contribution in [-0.2, 0) is 0 Å². The molecule has 0 N–H and O–H groups in total. The summed E-state index contributed by atoms with van der Waals surface area (Å²) in [6.45, 7) is 0. The van der Waals surface area contributed by atoms with Crippen LogP contribution >= 0.6 is 50.5 Å². The van der Waals surface area contributed by atoms with Crippen molar-refractivity contribution in [3.8, 4) is 16.9 Å². The first-order chi connectivity index (χ1) is 10.1. The van der Waals surface area contributed by atoms with Crippen LogP contribution in [0, 0.1) is 0 Å². The van der Waals surface area contributed by atoms with Crippen molar-refractivity contribution in [1.29, 1.82) is 0 Å². The van der Waals surface area contributed by atoms with Crippen LogP contribution in [0.3, 0.4) is 0 Å². The summed E-state index contributed by atoms with van der Waals surface area (Å²) >= 11 is 16.8. The van der Waals surface area contributed by atoms with E-state index in [4.69, 9.17) is 23.2 Å². The molecular formula is C14H7BrCl2N2OS. The van der Waals surface area contributed by atoms with E-state index in [0.29, 0.717) is 25.5 Å². The summed E-state index contributed by atoms with van der Waals surface area (Å²) in [6, 6.07) is 9.34. The Morgan fingerprint density at radius 1 is 1.29 bits per heavy atom. The highest BCUT2D eigenvalue weighted by atomic mass is 79.9. The minimum Gasteiger partial charge on any atom is -0.298 e. The second-order valence-corrected chi connectivity index (χ2v) is 7.32. The first-order valence-corrected chi connectivity index (χ1v) is 8.21. The molecule has 0 bridgehead atoms. The summed E-state index contributed by atoms with van der Waals surface area (Å²) in [5.41, 5.74) is 2.49. The van der Waals surface area contributed by atoms with Gasteiger partial charge in [-0.15, -0.1) is 11.3 Å². The van der Waals surface area contributed by atoms with E-state index < -0.39 is 0 Å². The van der Waals surface area contributed by atoms with Crippen LogP contribution in [0.15, 0.2) is 41.0 Å². The molecule has 3 aromatic rings. The molecule has 0 radical (unpaired) electrons. The lowest BCUT2D eigenvalue weighted by Crippen LogP contribution is -1.95. The number of hydrogen-bond acceptors (Lipinski definition) is 3. The lowest BCUT2D eigenvalue weighted by molar-refractivity contribution is 0.112. The fraction of sp³-hybridized carbons (Fsp3) is 0. The number of carbonyl (C=O) groups excluding carboxylic acids is 1. The van der Waals surface area contributed by atoms with Crippen molar-refractivity contribution in [2.75, 3.05) is 0 Å². The van der Waals surface area contributed by atoms with Gasteiger partial charge in [0, 0.05) is 16.2 Å². The van der Waals surface area contributed by atoms with Gasteiger partial charge in [0.15, 0.2) is 6.29 Å². The van der Waals surface area contributed by atoms with E-state index >= 15 is 0 Å². The molecule has 2 heterocycles. The summed E-state index contributed by atoms with van der Waals surface area (Å²) in [6.07, 6.45) is 2.43. The largest absolute Gasteiger partial charge is 0.298 e. The van der Waals surface area contributed by atoms with Crippen LogP contribution in [0.25, 0.3) is 16.9 Å². The van der Waals surface area contributed by atoms with Gasteiger partial charge < -0.3 is 0 Å². The molecule has 0 fully saturated rings. The molecule has 0 saturated carbocycles. The highest BCUT2D eigenvalue weighted by Crippen LogP contribution is 2.38. The molecule has 0 unspecified atom stereocenters. The average Bonchev–Trinajstić information content (AvgIpc) is 3.02. The Kier molecular flexibility index (Phi) is 4.17. The number of aromatic nitrogens is 2. The van der Waals surface area contributed by atoms with Gasteiger partial charge in [-0.2, -0.15) is 5.10 Å². The zero-order valence-electron chi connectivity index (χ0n) is 10.4. The third-order valence-electron chi connectivity index (χ3n) is 2.88. The van der Waals surface area contributed by atoms with Gasteiger partial charge in [-0.3, -0.25) is 4.79 Å². The molecule has 3 rings (SSSR count). The van der Waals surface area contributed by atoms with E-state index in [2.05, 4.69) is 21.0 Å². The Morgan fingerprint density at radius 2 is 2.05 bits per heavy atom. The Morgan fingerprint density at radius 3 is 2.67 bits per heavy atom. The van der Waals surface area contributed by atoms with Gasteiger partial charge in [-0.25, -0.2) is 4.68 Å². The van der Waals surface area contributed by atoms with Crippen LogP contribution in [0.2, 0.25) is 8.67 Å². The summed E-state index contributed by atoms with van der Waals surface area (Å²) < 4.78 is 3.60. The normalized spacial score (nSPS) is 10.8. The minimum atomic E-state index is 0.460. The van der Waals surface area contributed by atoms with Gasteiger partial charge in [-0.1, -0.05) is 35.3 Å². The lowest BCUT2D eigenvalue weighted by atomic mass is 10.2. The maximum absolute atomic E-state index is 11.3. The molecular weight excluding hydrogens is 395 g/mol. The van der Waals surface area contributed by atoms with Crippen molar-refractivity contribution in [3.63, 3.8) is 0 Å². The van der Waals surface area contributed by atoms with E-state index in [0.717, 1.165) is 16.4 Å². The number of aldehydes is 1. The maximum atomic E-state index is 11.3. The zero-order chi connectivity index (χ0) is 15.0. The number of thiophene rings is 1. The third kappa shape index (κ3) is 2.79. The molecule has 1 aromatic carbocycles. The maximum Gasteiger partial charge on any atom is 0.153 e. The van der Waals surface area contributed by atoms with E-state index in [-0.39, 0.29) is 0 Å². The highest BCUT2D eigenvalue weighted by molar-refractivity contribution is 9.10. The topological polar surface area (TPSA) is 34.9 Å². The van der Waals surface area contributed by atoms with Crippen LogP contribution in [0.4, 0.5) is 0 Å². The van der Waals surface area contributed by atoms with Gasteiger partial charge in [0.2, 0.25) is 0 Å². The average molecular weight is 402 g/mol. The van der Waals surface area contributed by atoms with Crippen LogP contribution in [0.1, 0.15) is 10.4 Å². The molecule has 0 aliphatic heterocycles. The summed E-state index contributed by atoms with van der Waals surface area (Å²) in [5, 5.41) is 4.48. The molecule has 21 heavy (non-hydrogen) atoms. The Hall–Kier alpha value is -1.14. The molecule has 0 atom stereocenters.